The minimum Gasteiger partial charge on any atom is -0.353 e. The summed E-state index contributed by atoms with van der Waals surface area (Å²) in [5.41, 5.74) is 1.18. The third-order valence-electron chi connectivity index (χ3n) is 3.86. The number of nitrogens with zero attached hydrogens (tertiary/aromatic N) is 2. The van der Waals surface area contributed by atoms with Gasteiger partial charge in [-0.05, 0) is 48.7 Å². The predicted octanol–water partition coefficient (Wildman–Crippen LogP) is 4.98. The number of carbonyl (C=O) groups is 1. The van der Waals surface area contributed by atoms with E-state index in [1.807, 2.05) is 41.4 Å². The Kier molecular flexibility index (Phi) is 6.80. The fraction of sp³-hybridized carbons (Fsp3) is 0.200. The number of aryl methyl sites for hydroxylation is 1. The second-order valence-electron chi connectivity index (χ2n) is 5.84. The molecule has 6 heteroatoms. The molecule has 2 aromatic heterocycles. The molecule has 3 aromatic rings. The van der Waals surface area contributed by atoms with Crippen LogP contribution in [0.4, 0.5) is 0 Å². The van der Waals surface area contributed by atoms with E-state index in [1.165, 1.54) is 10.4 Å². The van der Waals surface area contributed by atoms with E-state index in [1.54, 1.807) is 23.6 Å². The number of nitrogens with one attached hydrogen (secondary N) is 1. The van der Waals surface area contributed by atoms with Crippen molar-refractivity contribution >= 4 is 39.2 Å². The number of unbranched alkanes of at least 4 members (excludes halogenated alkanes) is 1. The lowest BCUT2D eigenvalue weighted by molar-refractivity contribution is -0.116. The molecule has 26 heavy (non-hydrogen) atoms. The average Bonchev–Trinajstić information content (AvgIpc) is 3.32. The lowest BCUT2D eigenvalue weighted by Crippen LogP contribution is -2.22. The highest BCUT2D eigenvalue weighted by Gasteiger charge is 2.02. The molecule has 134 valence electrons. The van der Waals surface area contributed by atoms with E-state index < -0.39 is 0 Å². The quantitative estimate of drug-likeness (QED) is 0.405. The van der Waals surface area contributed by atoms with Gasteiger partial charge in [-0.1, -0.05) is 28.1 Å². The number of imidazole rings is 1. The summed E-state index contributed by atoms with van der Waals surface area (Å²) < 4.78 is 3.11. The van der Waals surface area contributed by atoms with Crippen LogP contribution in [0.15, 0.2) is 65.7 Å². The van der Waals surface area contributed by atoms with E-state index >= 15 is 0 Å². The molecule has 3 rings (SSSR count). The summed E-state index contributed by atoms with van der Waals surface area (Å²) in [5.74, 6) is -0.0498. The summed E-state index contributed by atoms with van der Waals surface area (Å²) >= 11 is 5.12. The maximum absolute atomic E-state index is 11.9. The van der Waals surface area contributed by atoms with Crippen LogP contribution in [0.5, 0.6) is 0 Å². The van der Waals surface area contributed by atoms with Crippen molar-refractivity contribution in [3.05, 3.63) is 70.5 Å². The van der Waals surface area contributed by atoms with Crippen LogP contribution in [0, 0.1) is 0 Å². The predicted molar refractivity (Wildman–Crippen MR) is 111 cm³/mol. The molecule has 0 bridgehead atoms. The Morgan fingerprint density at radius 3 is 2.81 bits per heavy atom. The summed E-state index contributed by atoms with van der Waals surface area (Å²) in [6, 6.07) is 12.4. The number of halogens is 1. The number of hydrogen-bond donors (Lipinski definition) is 1. The largest absolute Gasteiger partial charge is 0.353 e. The molecule has 4 nitrogen and oxygen atoms in total. The van der Waals surface area contributed by atoms with Crippen molar-refractivity contribution in [2.45, 2.75) is 19.4 Å². The van der Waals surface area contributed by atoms with Gasteiger partial charge in [-0.2, -0.15) is 0 Å². The number of rotatable bonds is 8. The average molecular weight is 430 g/mol. The number of thiophene rings is 1. The van der Waals surface area contributed by atoms with E-state index in [4.69, 9.17) is 0 Å². The number of benzene rings is 1. The first kappa shape index (κ1) is 18.6. The van der Waals surface area contributed by atoms with E-state index in [9.17, 15) is 4.79 Å². The zero-order valence-corrected chi connectivity index (χ0v) is 16.7. The molecule has 1 N–H and O–H groups in total. The fourth-order valence-electron chi connectivity index (χ4n) is 2.48. The van der Waals surface area contributed by atoms with Crippen LogP contribution in [0.25, 0.3) is 16.5 Å². The highest BCUT2D eigenvalue weighted by atomic mass is 79.9. The minimum atomic E-state index is -0.0498. The van der Waals surface area contributed by atoms with E-state index in [-0.39, 0.29) is 5.91 Å². The van der Waals surface area contributed by atoms with E-state index in [2.05, 4.69) is 44.4 Å². The van der Waals surface area contributed by atoms with Crippen molar-refractivity contribution in [2.24, 2.45) is 0 Å². The molecule has 0 aliphatic rings. The molecule has 0 atom stereocenters. The van der Waals surface area contributed by atoms with Crippen LogP contribution < -0.4 is 5.32 Å². The monoisotopic (exact) mass is 429 g/mol. The van der Waals surface area contributed by atoms with Gasteiger partial charge in [0, 0.05) is 45.8 Å². The topological polar surface area (TPSA) is 46.9 Å². The second kappa shape index (κ2) is 9.50. The zero-order chi connectivity index (χ0) is 18.2. The zero-order valence-electron chi connectivity index (χ0n) is 14.3. The second-order valence-corrected chi connectivity index (χ2v) is 7.87. The Balaban J connectivity index is 1.41. The number of carbonyl (C=O) groups excluding carboxylic acids is 1. The van der Waals surface area contributed by atoms with Gasteiger partial charge < -0.3 is 9.88 Å². The summed E-state index contributed by atoms with van der Waals surface area (Å²) in [5, 5.41) is 2.93. The molecule has 0 spiro atoms. The van der Waals surface area contributed by atoms with Crippen LogP contribution in [0.3, 0.4) is 0 Å². The molecule has 2 heterocycles. The smallest absolute Gasteiger partial charge is 0.244 e. The Bertz CT molecular complexity index is 854. The molecule has 0 aliphatic carbocycles. The summed E-state index contributed by atoms with van der Waals surface area (Å²) in [6.45, 7) is 1.62. The molecule has 1 aromatic carbocycles. The first-order valence-corrected chi connectivity index (χ1v) is 10.1. The standard InChI is InChI=1S/C20H20BrN3OS/c21-17-5-3-16(4-6-17)19-9-7-18(26-19)8-10-20(25)23-11-1-2-13-24-14-12-22-15-24/h3-10,12,14-15H,1-2,11,13H2,(H,23,25)/b10-8+. The Morgan fingerprint density at radius 2 is 2.04 bits per heavy atom. The van der Waals surface area contributed by atoms with Gasteiger partial charge in [0.05, 0.1) is 6.33 Å². The van der Waals surface area contributed by atoms with Gasteiger partial charge in [0.15, 0.2) is 0 Å². The normalized spacial score (nSPS) is 11.1. The number of hydrogen-bond acceptors (Lipinski definition) is 3. The molecule has 0 aliphatic heterocycles. The van der Waals surface area contributed by atoms with E-state index in [0.29, 0.717) is 6.54 Å². The maximum Gasteiger partial charge on any atom is 0.244 e. The van der Waals surface area contributed by atoms with Crippen molar-refractivity contribution in [3.8, 4) is 10.4 Å². The van der Waals surface area contributed by atoms with Crippen LogP contribution in [-0.2, 0) is 11.3 Å². The molecule has 0 saturated carbocycles. The lowest BCUT2D eigenvalue weighted by atomic mass is 10.2. The molecule has 0 radical (unpaired) electrons. The van der Waals surface area contributed by atoms with Crippen LogP contribution in [0.2, 0.25) is 0 Å². The Labute approximate surface area is 165 Å². The minimum absolute atomic E-state index is 0.0498. The van der Waals surface area contributed by atoms with Crippen LogP contribution >= 0.6 is 27.3 Å². The van der Waals surface area contributed by atoms with E-state index in [0.717, 1.165) is 28.7 Å². The van der Waals surface area contributed by atoms with Crippen molar-refractivity contribution in [1.82, 2.24) is 14.9 Å². The SMILES string of the molecule is O=C(/C=C/c1ccc(-c2ccc(Br)cc2)s1)NCCCCn1ccnc1. The van der Waals surface area contributed by atoms with Gasteiger partial charge in [-0.15, -0.1) is 11.3 Å². The third kappa shape index (κ3) is 5.68. The summed E-state index contributed by atoms with van der Waals surface area (Å²) in [7, 11) is 0. The Hall–Kier alpha value is -2.18. The summed E-state index contributed by atoms with van der Waals surface area (Å²) in [4.78, 5) is 18.2. The van der Waals surface area contributed by atoms with Gasteiger partial charge in [0.1, 0.15) is 0 Å². The number of aromatic nitrogens is 2. The molecule has 1 amide bonds. The highest BCUT2D eigenvalue weighted by Crippen LogP contribution is 2.29. The molecule has 0 saturated heterocycles. The molecular weight excluding hydrogens is 410 g/mol. The van der Waals surface area contributed by atoms with Gasteiger partial charge in [0.25, 0.3) is 0 Å². The van der Waals surface area contributed by atoms with Crippen molar-refractivity contribution in [1.29, 1.82) is 0 Å². The van der Waals surface area contributed by atoms with Crippen molar-refractivity contribution in [3.63, 3.8) is 0 Å². The lowest BCUT2D eigenvalue weighted by Gasteiger charge is -2.03. The Morgan fingerprint density at radius 1 is 1.19 bits per heavy atom. The van der Waals surface area contributed by atoms with Gasteiger partial charge >= 0.3 is 0 Å². The highest BCUT2D eigenvalue weighted by molar-refractivity contribution is 9.10. The van der Waals surface area contributed by atoms with Gasteiger partial charge in [-0.25, -0.2) is 4.98 Å². The van der Waals surface area contributed by atoms with Gasteiger partial charge in [0.2, 0.25) is 5.91 Å². The molecule has 0 fully saturated rings. The molecular formula is C20H20BrN3OS. The number of amides is 1. The fourth-order valence-corrected chi connectivity index (χ4v) is 3.66. The van der Waals surface area contributed by atoms with Crippen LogP contribution in [0.1, 0.15) is 17.7 Å². The summed E-state index contributed by atoms with van der Waals surface area (Å²) in [6.07, 6.45) is 11.0. The van der Waals surface area contributed by atoms with Crippen molar-refractivity contribution in [2.75, 3.05) is 6.54 Å². The maximum atomic E-state index is 11.9. The van der Waals surface area contributed by atoms with Crippen molar-refractivity contribution < 1.29 is 4.79 Å². The third-order valence-corrected chi connectivity index (χ3v) is 5.48. The van der Waals surface area contributed by atoms with Crippen LogP contribution in [-0.4, -0.2) is 22.0 Å². The first-order chi connectivity index (χ1) is 12.7. The first-order valence-electron chi connectivity index (χ1n) is 8.48. The molecule has 0 unspecified atom stereocenters. The van der Waals surface area contributed by atoms with Gasteiger partial charge in [-0.3, -0.25) is 4.79 Å².